The minimum atomic E-state index is -0.112. The molecular weight excluding hydrogens is 228 g/mol. The number of pyridine rings is 1. The second-order valence-corrected chi connectivity index (χ2v) is 4.74. The Kier molecular flexibility index (Phi) is 4.52. The van der Waals surface area contributed by atoms with Gasteiger partial charge in [0, 0.05) is 12.2 Å². The van der Waals surface area contributed by atoms with E-state index < -0.39 is 0 Å². The Morgan fingerprint density at radius 2 is 2.00 bits per heavy atom. The Labute approximate surface area is 107 Å². The number of hydrogen-bond donors (Lipinski definition) is 3. The van der Waals surface area contributed by atoms with Gasteiger partial charge in [0.25, 0.3) is 5.91 Å². The molecular formula is C13H20N4O. The summed E-state index contributed by atoms with van der Waals surface area (Å²) >= 11 is 0. The molecule has 1 amide bonds. The molecule has 1 aromatic heterocycles. The molecule has 0 saturated heterocycles. The van der Waals surface area contributed by atoms with E-state index in [2.05, 4.69) is 15.7 Å². The first-order valence-electron chi connectivity index (χ1n) is 6.53. The summed E-state index contributed by atoms with van der Waals surface area (Å²) in [6.07, 6.45) is 8.66. The van der Waals surface area contributed by atoms with Crippen LogP contribution in [0.15, 0.2) is 18.3 Å². The average Bonchev–Trinajstić information content (AvgIpc) is 2.67. The summed E-state index contributed by atoms with van der Waals surface area (Å²) in [4.78, 5) is 16.1. The predicted molar refractivity (Wildman–Crippen MR) is 71.0 cm³/mol. The van der Waals surface area contributed by atoms with Gasteiger partial charge in [-0.15, -0.1) is 0 Å². The average molecular weight is 248 g/mol. The van der Waals surface area contributed by atoms with Crippen molar-refractivity contribution in [3.8, 4) is 0 Å². The van der Waals surface area contributed by atoms with Crippen LogP contribution in [0.2, 0.25) is 0 Å². The number of carbonyl (C=O) groups excluding carboxylic acids is 1. The Morgan fingerprint density at radius 3 is 2.67 bits per heavy atom. The van der Waals surface area contributed by atoms with Gasteiger partial charge < -0.3 is 10.7 Å². The van der Waals surface area contributed by atoms with E-state index in [1.165, 1.54) is 25.7 Å². The maximum atomic E-state index is 12.1. The van der Waals surface area contributed by atoms with Crippen LogP contribution in [0.25, 0.3) is 0 Å². The van der Waals surface area contributed by atoms with Crippen molar-refractivity contribution < 1.29 is 4.79 Å². The van der Waals surface area contributed by atoms with E-state index in [4.69, 9.17) is 5.84 Å². The van der Waals surface area contributed by atoms with Crippen LogP contribution in [0.3, 0.4) is 0 Å². The van der Waals surface area contributed by atoms with Crippen molar-refractivity contribution >= 4 is 11.6 Å². The first-order chi connectivity index (χ1) is 8.79. The standard InChI is InChI=1S/C13H20N4O/c14-17-11-7-8-15-12(9-11)13(18)16-10-5-3-1-2-4-6-10/h7-10H,1-6,14H2,(H,15,17)(H,16,18). The highest BCUT2D eigenvalue weighted by Gasteiger charge is 2.16. The highest BCUT2D eigenvalue weighted by molar-refractivity contribution is 5.93. The number of hydrazine groups is 1. The third-order valence-corrected chi connectivity index (χ3v) is 3.35. The zero-order valence-corrected chi connectivity index (χ0v) is 10.5. The molecule has 1 fully saturated rings. The summed E-state index contributed by atoms with van der Waals surface area (Å²) in [7, 11) is 0. The van der Waals surface area contributed by atoms with Crippen molar-refractivity contribution in [2.24, 2.45) is 5.84 Å². The van der Waals surface area contributed by atoms with Gasteiger partial charge in [-0.2, -0.15) is 0 Å². The van der Waals surface area contributed by atoms with Gasteiger partial charge in [-0.25, -0.2) is 0 Å². The number of anilines is 1. The SMILES string of the molecule is NNc1ccnc(C(=O)NC2CCCCCC2)c1. The lowest BCUT2D eigenvalue weighted by atomic mass is 10.1. The second kappa shape index (κ2) is 6.35. The van der Waals surface area contributed by atoms with Crippen molar-refractivity contribution in [3.05, 3.63) is 24.0 Å². The largest absolute Gasteiger partial charge is 0.348 e. The van der Waals surface area contributed by atoms with Crippen LogP contribution in [-0.4, -0.2) is 16.9 Å². The smallest absolute Gasteiger partial charge is 0.270 e. The van der Waals surface area contributed by atoms with Gasteiger partial charge in [0.15, 0.2) is 0 Å². The fourth-order valence-electron chi connectivity index (χ4n) is 2.33. The zero-order chi connectivity index (χ0) is 12.8. The van der Waals surface area contributed by atoms with Gasteiger partial charge in [0.1, 0.15) is 5.69 Å². The molecule has 4 N–H and O–H groups in total. The Hall–Kier alpha value is -1.62. The molecule has 2 rings (SSSR count). The molecule has 5 heteroatoms. The predicted octanol–water partition coefficient (Wildman–Crippen LogP) is 1.82. The zero-order valence-electron chi connectivity index (χ0n) is 10.5. The number of nitrogens with one attached hydrogen (secondary N) is 2. The maximum Gasteiger partial charge on any atom is 0.270 e. The number of hydrogen-bond acceptors (Lipinski definition) is 4. The molecule has 0 aromatic carbocycles. The molecule has 1 aliphatic carbocycles. The lowest BCUT2D eigenvalue weighted by Gasteiger charge is -2.15. The lowest BCUT2D eigenvalue weighted by molar-refractivity contribution is 0.0928. The number of nitrogen functional groups attached to an aromatic ring is 1. The number of nitrogens with zero attached hydrogens (tertiary/aromatic N) is 1. The Morgan fingerprint density at radius 1 is 1.28 bits per heavy atom. The van der Waals surface area contributed by atoms with Gasteiger partial charge in [0.2, 0.25) is 0 Å². The van der Waals surface area contributed by atoms with E-state index in [1.807, 2.05) is 0 Å². The van der Waals surface area contributed by atoms with Crippen molar-refractivity contribution in [3.63, 3.8) is 0 Å². The number of nitrogens with two attached hydrogens (primary N) is 1. The third kappa shape index (κ3) is 3.43. The molecule has 1 heterocycles. The number of aromatic nitrogens is 1. The van der Waals surface area contributed by atoms with Gasteiger partial charge in [-0.1, -0.05) is 25.7 Å². The Bertz CT molecular complexity index is 400. The van der Waals surface area contributed by atoms with Crippen LogP contribution in [0.5, 0.6) is 0 Å². The van der Waals surface area contributed by atoms with Crippen molar-refractivity contribution in [2.75, 3.05) is 5.43 Å². The monoisotopic (exact) mass is 248 g/mol. The molecule has 0 bridgehead atoms. The van der Waals surface area contributed by atoms with Crippen molar-refractivity contribution in [1.82, 2.24) is 10.3 Å². The number of carbonyl (C=O) groups is 1. The second-order valence-electron chi connectivity index (χ2n) is 4.74. The molecule has 1 saturated carbocycles. The fourth-order valence-corrected chi connectivity index (χ4v) is 2.33. The highest BCUT2D eigenvalue weighted by atomic mass is 16.1. The molecule has 0 unspecified atom stereocenters. The van der Waals surface area contributed by atoms with E-state index in [1.54, 1.807) is 18.3 Å². The normalized spacial score (nSPS) is 16.9. The van der Waals surface area contributed by atoms with Crippen LogP contribution < -0.4 is 16.6 Å². The van der Waals surface area contributed by atoms with E-state index in [0.29, 0.717) is 11.4 Å². The molecule has 0 atom stereocenters. The van der Waals surface area contributed by atoms with Gasteiger partial charge >= 0.3 is 0 Å². The summed E-state index contributed by atoms with van der Waals surface area (Å²) in [5.41, 5.74) is 3.62. The van der Waals surface area contributed by atoms with E-state index in [-0.39, 0.29) is 11.9 Å². The molecule has 0 aliphatic heterocycles. The minimum Gasteiger partial charge on any atom is -0.348 e. The fraction of sp³-hybridized carbons (Fsp3) is 0.538. The third-order valence-electron chi connectivity index (χ3n) is 3.35. The van der Waals surface area contributed by atoms with E-state index in [9.17, 15) is 4.79 Å². The topological polar surface area (TPSA) is 80.0 Å². The van der Waals surface area contributed by atoms with Crippen LogP contribution in [0.1, 0.15) is 49.0 Å². The van der Waals surface area contributed by atoms with Crippen LogP contribution >= 0.6 is 0 Å². The van der Waals surface area contributed by atoms with Crippen molar-refractivity contribution in [1.29, 1.82) is 0 Å². The summed E-state index contributed by atoms with van der Waals surface area (Å²) in [5.74, 6) is 5.20. The van der Waals surface area contributed by atoms with Crippen LogP contribution in [0.4, 0.5) is 5.69 Å². The molecule has 0 spiro atoms. The molecule has 5 nitrogen and oxygen atoms in total. The summed E-state index contributed by atoms with van der Waals surface area (Å²) in [5, 5.41) is 3.06. The van der Waals surface area contributed by atoms with Gasteiger partial charge in [0.05, 0.1) is 5.69 Å². The summed E-state index contributed by atoms with van der Waals surface area (Å²) in [6, 6.07) is 3.67. The minimum absolute atomic E-state index is 0.112. The molecule has 98 valence electrons. The molecule has 0 radical (unpaired) electrons. The highest BCUT2D eigenvalue weighted by Crippen LogP contribution is 2.17. The molecule has 1 aromatic rings. The Balaban J connectivity index is 1.97. The first-order valence-corrected chi connectivity index (χ1v) is 6.53. The molecule has 1 aliphatic rings. The van der Waals surface area contributed by atoms with Crippen molar-refractivity contribution in [2.45, 2.75) is 44.6 Å². The van der Waals surface area contributed by atoms with Gasteiger partial charge in [-0.3, -0.25) is 15.6 Å². The maximum absolute atomic E-state index is 12.1. The molecule has 18 heavy (non-hydrogen) atoms. The lowest BCUT2D eigenvalue weighted by Crippen LogP contribution is -2.34. The summed E-state index contributed by atoms with van der Waals surface area (Å²) < 4.78 is 0. The first kappa shape index (κ1) is 12.8. The van der Waals surface area contributed by atoms with E-state index in [0.717, 1.165) is 12.8 Å². The quantitative estimate of drug-likeness (QED) is 0.433. The van der Waals surface area contributed by atoms with Crippen LogP contribution in [-0.2, 0) is 0 Å². The van der Waals surface area contributed by atoms with Gasteiger partial charge in [-0.05, 0) is 25.0 Å². The number of rotatable bonds is 3. The van der Waals surface area contributed by atoms with E-state index >= 15 is 0 Å². The number of amides is 1. The summed E-state index contributed by atoms with van der Waals surface area (Å²) in [6.45, 7) is 0. The van der Waals surface area contributed by atoms with Crippen LogP contribution in [0, 0.1) is 0 Å².